The van der Waals surface area contributed by atoms with Crippen LogP contribution in [-0.2, 0) is 11.3 Å². The molecule has 2 rings (SSSR count). The SMILES string of the molecule is CSCC[C@H](NC(=O)c1ccccc1)C(=O)NCc1ccc(N(C)C)cc1. The second kappa shape index (κ2) is 10.6. The van der Waals surface area contributed by atoms with Gasteiger partial charge in [0, 0.05) is 31.9 Å². The maximum atomic E-state index is 12.6. The summed E-state index contributed by atoms with van der Waals surface area (Å²) in [6.07, 6.45) is 2.57. The van der Waals surface area contributed by atoms with Gasteiger partial charge in [0.25, 0.3) is 5.91 Å². The summed E-state index contributed by atoms with van der Waals surface area (Å²) in [7, 11) is 3.98. The second-order valence-corrected chi connectivity index (χ2v) is 7.44. The summed E-state index contributed by atoms with van der Waals surface area (Å²) in [5.74, 6) is 0.405. The molecular weight excluding hydrogens is 358 g/mol. The van der Waals surface area contributed by atoms with Crippen molar-refractivity contribution in [1.82, 2.24) is 10.6 Å². The molecule has 5 nitrogen and oxygen atoms in total. The third kappa shape index (κ3) is 6.64. The van der Waals surface area contributed by atoms with E-state index in [0.717, 1.165) is 17.0 Å². The molecule has 0 aliphatic carbocycles. The summed E-state index contributed by atoms with van der Waals surface area (Å²) >= 11 is 1.65. The molecule has 144 valence electrons. The topological polar surface area (TPSA) is 61.4 Å². The van der Waals surface area contributed by atoms with E-state index in [1.165, 1.54) is 0 Å². The molecule has 0 bridgehead atoms. The van der Waals surface area contributed by atoms with Crippen LogP contribution in [0.5, 0.6) is 0 Å². The Labute approximate surface area is 165 Å². The molecule has 2 aromatic rings. The standard InChI is InChI=1S/C21H27N3O2S/c1-24(2)18-11-9-16(10-12-18)15-22-21(26)19(13-14-27-3)23-20(25)17-7-5-4-6-8-17/h4-12,19H,13-15H2,1-3H3,(H,22,26)(H,23,25)/t19-/m0/s1. The van der Waals surface area contributed by atoms with Crippen LogP contribution in [-0.4, -0.2) is 44.0 Å². The maximum Gasteiger partial charge on any atom is 0.251 e. The predicted octanol–water partition coefficient (Wildman–Crippen LogP) is 2.92. The van der Waals surface area contributed by atoms with E-state index in [0.29, 0.717) is 18.5 Å². The van der Waals surface area contributed by atoms with Crippen molar-refractivity contribution in [2.45, 2.75) is 19.0 Å². The number of benzene rings is 2. The van der Waals surface area contributed by atoms with E-state index >= 15 is 0 Å². The molecule has 0 radical (unpaired) electrons. The highest BCUT2D eigenvalue weighted by Gasteiger charge is 2.20. The highest BCUT2D eigenvalue weighted by atomic mass is 32.2. The van der Waals surface area contributed by atoms with Gasteiger partial charge in [0.2, 0.25) is 5.91 Å². The van der Waals surface area contributed by atoms with Crippen molar-refractivity contribution in [1.29, 1.82) is 0 Å². The van der Waals surface area contributed by atoms with E-state index in [4.69, 9.17) is 0 Å². The number of carbonyl (C=O) groups is 2. The number of amides is 2. The number of nitrogens with one attached hydrogen (secondary N) is 2. The second-order valence-electron chi connectivity index (χ2n) is 6.45. The summed E-state index contributed by atoms with van der Waals surface area (Å²) < 4.78 is 0. The molecule has 27 heavy (non-hydrogen) atoms. The molecular formula is C21H27N3O2S. The number of thioether (sulfide) groups is 1. The highest BCUT2D eigenvalue weighted by molar-refractivity contribution is 7.98. The first-order chi connectivity index (χ1) is 13.0. The van der Waals surface area contributed by atoms with Gasteiger partial charge < -0.3 is 15.5 Å². The average molecular weight is 386 g/mol. The minimum absolute atomic E-state index is 0.162. The molecule has 2 N–H and O–H groups in total. The van der Waals surface area contributed by atoms with Gasteiger partial charge in [-0.25, -0.2) is 0 Å². The Kier molecular flexibility index (Phi) is 8.20. The van der Waals surface area contributed by atoms with Crippen LogP contribution in [0.4, 0.5) is 5.69 Å². The zero-order valence-electron chi connectivity index (χ0n) is 16.1. The average Bonchev–Trinajstić information content (AvgIpc) is 2.70. The molecule has 0 saturated heterocycles. The Morgan fingerprint density at radius 1 is 1.04 bits per heavy atom. The lowest BCUT2D eigenvalue weighted by molar-refractivity contribution is -0.123. The Balaban J connectivity index is 1.96. The van der Waals surface area contributed by atoms with Crippen LogP contribution in [0.25, 0.3) is 0 Å². The Morgan fingerprint density at radius 2 is 1.70 bits per heavy atom. The fraction of sp³-hybridized carbons (Fsp3) is 0.333. The number of nitrogens with zero attached hydrogens (tertiary/aromatic N) is 1. The summed E-state index contributed by atoms with van der Waals surface area (Å²) in [5, 5.41) is 5.79. The van der Waals surface area contributed by atoms with E-state index < -0.39 is 6.04 Å². The molecule has 0 spiro atoms. The quantitative estimate of drug-likeness (QED) is 0.697. The fourth-order valence-corrected chi connectivity index (χ4v) is 3.03. The van der Waals surface area contributed by atoms with Gasteiger partial charge in [0.1, 0.15) is 6.04 Å². The highest BCUT2D eigenvalue weighted by Crippen LogP contribution is 2.12. The van der Waals surface area contributed by atoms with Crippen molar-refractivity contribution >= 4 is 29.3 Å². The van der Waals surface area contributed by atoms with E-state index in [9.17, 15) is 9.59 Å². The van der Waals surface area contributed by atoms with Crippen LogP contribution in [0.3, 0.4) is 0 Å². The van der Waals surface area contributed by atoms with E-state index in [1.807, 2.05) is 67.7 Å². The monoisotopic (exact) mass is 385 g/mol. The van der Waals surface area contributed by atoms with Crippen molar-refractivity contribution in [2.24, 2.45) is 0 Å². The van der Waals surface area contributed by atoms with Crippen LogP contribution < -0.4 is 15.5 Å². The van der Waals surface area contributed by atoms with Crippen molar-refractivity contribution in [2.75, 3.05) is 31.0 Å². The summed E-state index contributed by atoms with van der Waals surface area (Å²) in [6, 6.07) is 16.4. The van der Waals surface area contributed by atoms with Gasteiger partial charge in [0.05, 0.1) is 0 Å². The number of rotatable bonds is 9. The van der Waals surface area contributed by atoms with Crippen LogP contribution in [0.2, 0.25) is 0 Å². The van der Waals surface area contributed by atoms with Crippen LogP contribution in [0.1, 0.15) is 22.3 Å². The van der Waals surface area contributed by atoms with Crippen molar-refractivity contribution in [3.63, 3.8) is 0 Å². The molecule has 0 heterocycles. The van der Waals surface area contributed by atoms with Gasteiger partial charge in [-0.15, -0.1) is 0 Å². The normalized spacial score (nSPS) is 11.5. The lowest BCUT2D eigenvalue weighted by Gasteiger charge is -2.18. The van der Waals surface area contributed by atoms with Gasteiger partial charge in [-0.1, -0.05) is 30.3 Å². The van der Waals surface area contributed by atoms with Crippen LogP contribution in [0.15, 0.2) is 54.6 Å². The van der Waals surface area contributed by atoms with Gasteiger partial charge >= 0.3 is 0 Å². The van der Waals surface area contributed by atoms with Crippen LogP contribution in [0, 0.1) is 0 Å². The molecule has 0 aliphatic rings. The first-order valence-electron chi connectivity index (χ1n) is 8.90. The number of hydrogen-bond acceptors (Lipinski definition) is 4. The molecule has 6 heteroatoms. The van der Waals surface area contributed by atoms with Crippen molar-refractivity contribution < 1.29 is 9.59 Å². The Bertz CT molecular complexity index is 733. The molecule has 0 aromatic heterocycles. The molecule has 0 fully saturated rings. The lowest BCUT2D eigenvalue weighted by Crippen LogP contribution is -2.46. The number of hydrogen-bond donors (Lipinski definition) is 2. The third-order valence-electron chi connectivity index (χ3n) is 4.19. The van der Waals surface area contributed by atoms with E-state index in [1.54, 1.807) is 23.9 Å². The van der Waals surface area contributed by atoms with Gasteiger partial charge in [0.15, 0.2) is 0 Å². The van der Waals surface area contributed by atoms with Crippen molar-refractivity contribution in [3.8, 4) is 0 Å². The largest absolute Gasteiger partial charge is 0.378 e. The number of anilines is 1. The van der Waals surface area contributed by atoms with Gasteiger partial charge in [-0.05, 0) is 48.3 Å². The minimum Gasteiger partial charge on any atom is -0.378 e. The number of carbonyl (C=O) groups excluding carboxylic acids is 2. The van der Waals surface area contributed by atoms with E-state index in [-0.39, 0.29) is 11.8 Å². The minimum atomic E-state index is -0.550. The molecule has 0 aliphatic heterocycles. The van der Waals surface area contributed by atoms with Gasteiger partial charge in [-0.2, -0.15) is 11.8 Å². The molecule has 2 amide bonds. The fourth-order valence-electron chi connectivity index (χ4n) is 2.56. The van der Waals surface area contributed by atoms with Gasteiger partial charge in [-0.3, -0.25) is 9.59 Å². The maximum absolute atomic E-state index is 12.6. The Hall–Kier alpha value is -2.47. The third-order valence-corrected chi connectivity index (χ3v) is 4.83. The molecule has 0 unspecified atom stereocenters. The zero-order chi connectivity index (χ0) is 19.6. The molecule has 1 atom stereocenters. The van der Waals surface area contributed by atoms with Crippen LogP contribution >= 0.6 is 11.8 Å². The molecule has 0 saturated carbocycles. The summed E-state index contributed by atoms with van der Waals surface area (Å²) in [4.78, 5) is 27.0. The first-order valence-corrected chi connectivity index (χ1v) is 10.3. The van der Waals surface area contributed by atoms with Crippen molar-refractivity contribution in [3.05, 3.63) is 65.7 Å². The molecule has 2 aromatic carbocycles. The van der Waals surface area contributed by atoms with E-state index in [2.05, 4.69) is 10.6 Å². The Morgan fingerprint density at radius 3 is 2.30 bits per heavy atom. The predicted molar refractivity (Wildman–Crippen MR) is 113 cm³/mol. The summed E-state index contributed by atoms with van der Waals surface area (Å²) in [5.41, 5.74) is 2.68. The first kappa shape index (κ1) is 20.8. The zero-order valence-corrected chi connectivity index (χ0v) is 16.9. The lowest BCUT2D eigenvalue weighted by atomic mass is 10.1. The summed E-state index contributed by atoms with van der Waals surface area (Å²) in [6.45, 7) is 0.434. The smallest absolute Gasteiger partial charge is 0.251 e.